The van der Waals surface area contributed by atoms with Gasteiger partial charge in [0.2, 0.25) is 0 Å². The number of benzene rings is 1. The van der Waals surface area contributed by atoms with Crippen LogP contribution in [0.15, 0.2) is 23.2 Å². The molecule has 1 aliphatic heterocycles. The molecule has 2 heterocycles. The van der Waals surface area contributed by atoms with Crippen molar-refractivity contribution in [3.05, 3.63) is 29.3 Å². The van der Waals surface area contributed by atoms with E-state index in [1.165, 1.54) is 27.1 Å². The van der Waals surface area contributed by atoms with Crippen molar-refractivity contribution in [1.82, 2.24) is 20.1 Å². The maximum Gasteiger partial charge on any atom is 0.317 e. The number of urea groups is 1. The highest BCUT2D eigenvalue weighted by atomic mass is 32.2. The minimum absolute atomic E-state index is 0.0796. The highest BCUT2D eigenvalue weighted by Crippen LogP contribution is 2.46. The number of aromatic amines is 1. The lowest BCUT2D eigenvalue weighted by Gasteiger charge is -2.47. The normalized spacial score (nSPS) is 23.8. The zero-order chi connectivity index (χ0) is 20.5. The molecule has 0 saturated carbocycles. The number of amides is 2. The fraction of sp³-hybridized carbons (Fsp3) is 0.609. The van der Waals surface area contributed by atoms with Crippen LogP contribution in [0, 0.1) is 0 Å². The summed E-state index contributed by atoms with van der Waals surface area (Å²) < 4.78 is 0. The molecule has 1 aromatic carbocycles. The Morgan fingerprint density at radius 3 is 2.79 bits per heavy atom. The van der Waals surface area contributed by atoms with Gasteiger partial charge in [0.15, 0.2) is 0 Å². The van der Waals surface area contributed by atoms with Gasteiger partial charge in [-0.2, -0.15) is 0 Å². The zero-order valence-electron chi connectivity index (χ0n) is 18.1. The van der Waals surface area contributed by atoms with Crippen molar-refractivity contribution >= 4 is 28.7 Å². The Kier molecular flexibility index (Phi) is 6.11. The van der Waals surface area contributed by atoms with Crippen molar-refractivity contribution in [2.24, 2.45) is 0 Å². The first kappa shape index (κ1) is 20.6. The Hall–Kier alpha value is -1.66. The van der Waals surface area contributed by atoms with Crippen molar-refractivity contribution in [3.8, 4) is 0 Å². The van der Waals surface area contributed by atoms with Crippen LogP contribution in [0.1, 0.15) is 50.7 Å². The molecule has 4 rings (SSSR count). The zero-order valence-corrected chi connectivity index (χ0v) is 18.9. The molecule has 1 saturated heterocycles. The van der Waals surface area contributed by atoms with Crippen molar-refractivity contribution in [2.45, 2.75) is 63.1 Å². The molecule has 1 aliphatic carbocycles. The SMILES string of the molecule is CCCN1C[C@@H](NC(=O)N(CC)CC)CC2c3cccc4[nH]c(SC)c(c34)C[C@H]21. The van der Waals surface area contributed by atoms with Gasteiger partial charge in [0.05, 0.1) is 5.03 Å². The summed E-state index contributed by atoms with van der Waals surface area (Å²) in [5.74, 6) is 0.471. The summed E-state index contributed by atoms with van der Waals surface area (Å²) in [6.45, 7) is 9.89. The topological polar surface area (TPSA) is 51.4 Å². The van der Waals surface area contributed by atoms with E-state index >= 15 is 0 Å². The van der Waals surface area contributed by atoms with E-state index < -0.39 is 0 Å². The van der Waals surface area contributed by atoms with Crippen LogP contribution in [-0.4, -0.2) is 65.3 Å². The summed E-state index contributed by atoms with van der Waals surface area (Å²) in [6, 6.07) is 7.51. The van der Waals surface area contributed by atoms with Crippen LogP contribution < -0.4 is 5.32 Å². The van der Waals surface area contributed by atoms with Crippen LogP contribution in [0.3, 0.4) is 0 Å². The van der Waals surface area contributed by atoms with E-state index in [9.17, 15) is 4.79 Å². The first-order chi connectivity index (χ1) is 14.1. The van der Waals surface area contributed by atoms with E-state index in [1.807, 2.05) is 30.5 Å². The first-order valence-corrected chi connectivity index (χ1v) is 12.3. The number of carbonyl (C=O) groups excluding carboxylic acids is 1. The second-order valence-corrected chi connectivity index (χ2v) is 9.15. The predicted molar refractivity (Wildman–Crippen MR) is 122 cm³/mol. The molecular formula is C23H34N4OS. The highest BCUT2D eigenvalue weighted by Gasteiger charge is 2.41. The van der Waals surface area contributed by atoms with E-state index in [4.69, 9.17) is 0 Å². The van der Waals surface area contributed by atoms with Crippen molar-refractivity contribution in [2.75, 3.05) is 32.4 Å². The van der Waals surface area contributed by atoms with Gasteiger partial charge in [-0.3, -0.25) is 4.90 Å². The lowest BCUT2D eigenvalue weighted by atomic mass is 9.73. The second kappa shape index (κ2) is 8.60. The molecule has 2 aliphatic rings. The van der Waals surface area contributed by atoms with E-state index in [1.54, 1.807) is 0 Å². The van der Waals surface area contributed by atoms with Crippen LogP contribution in [0.5, 0.6) is 0 Å². The number of hydrogen-bond acceptors (Lipinski definition) is 3. The Balaban J connectivity index is 1.67. The maximum absolute atomic E-state index is 12.7. The van der Waals surface area contributed by atoms with Crippen LogP contribution in [0.2, 0.25) is 0 Å². The number of rotatable bonds is 6. The number of hydrogen-bond donors (Lipinski definition) is 2. The molecule has 1 fully saturated rings. The standard InChI is InChI=1S/C23H34N4OS/c1-5-11-27-14-15(24-23(28)26(6-2)7-3)12-17-16-9-8-10-19-21(16)18(13-20(17)27)22(25-19)29-4/h8-10,15,17,20,25H,5-7,11-14H2,1-4H3,(H,24,28)/t15-,17?,20+/m0/s1. The summed E-state index contributed by atoms with van der Waals surface area (Å²) in [7, 11) is 0. The van der Waals surface area contributed by atoms with Crippen molar-refractivity contribution < 1.29 is 4.79 Å². The average molecular weight is 415 g/mol. The molecule has 0 spiro atoms. The lowest BCUT2D eigenvalue weighted by molar-refractivity contribution is 0.0976. The molecule has 2 amide bonds. The molecule has 29 heavy (non-hydrogen) atoms. The molecule has 0 radical (unpaired) electrons. The molecule has 158 valence electrons. The molecule has 3 atom stereocenters. The van der Waals surface area contributed by atoms with Gasteiger partial charge in [0.1, 0.15) is 0 Å². The molecular weight excluding hydrogens is 380 g/mol. The Bertz CT molecular complexity index is 875. The Labute approximate surface area is 178 Å². The number of thioether (sulfide) groups is 1. The minimum Gasteiger partial charge on any atom is -0.349 e. The Morgan fingerprint density at radius 2 is 2.10 bits per heavy atom. The molecule has 6 heteroatoms. The molecule has 1 aromatic heterocycles. The number of fused-ring (bicyclic) bond motifs is 2. The van der Waals surface area contributed by atoms with Crippen LogP contribution in [-0.2, 0) is 6.42 Å². The highest BCUT2D eigenvalue weighted by molar-refractivity contribution is 7.98. The van der Waals surface area contributed by atoms with E-state index in [0.717, 1.165) is 45.4 Å². The number of nitrogens with one attached hydrogen (secondary N) is 2. The van der Waals surface area contributed by atoms with Gasteiger partial charge in [0, 0.05) is 48.5 Å². The van der Waals surface area contributed by atoms with Crippen LogP contribution in [0.4, 0.5) is 4.79 Å². The van der Waals surface area contributed by atoms with E-state index in [0.29, 0.717) is 12.0 Å². The molecule has 2 aromatic rings. The van der Waals surface area contributed by atoms with Gasteiger partial charge in [-0.15, -0.1) is 11.8 Å². The average Bonchev–Trinajstić information content (AvgIpc) is 3.09. The number of likely N-dealkylation sites (tertiary alicyclic amines) is 1. The number of aromatic nitrogens is 1. The summed E-state index contributed by atoms with van der Waals surface area (Å²) in [5.41, 5.74) is 4.22. The van der Waals surface area contributed by atoms with Crippen molar-refractivity contribution in [3.63, 3.8) is 0 Å². The smallest absolute Gasteiger partial charge is 0.317 e. The van der Waals surface area contributed by atoms with Gasteiger partial charge in [-0.1, -0.05) is 19.1 Å². The van der Waals surface area contributed by atoms with E-state index in [2.05, 4.69) is 46.6 Å². The maximum atomic E-state index is 12.7. The number of H-pyrrole nitrogens is 1. The third-order valence-corrected chi connectivity index (χ3v) is 7.51. The summed E-state index contributed by atoms with van der Waals surface area (Å²) in [5, 5.41) is 6.10. The predicted octanol–water partition coefficient (Wildman–Crippen LogP) is 4.43. The van der Waals surface area contributed by atoms with Crippen LogP contribution in [0.25, 0.3) is 10.9 Å². The van der Waals surface area contributed by atoms with Gasteiger partial charge in [-0.25, -0.2) is 4.79 Å². The monoisotopic (exact) mass is 414 g/mol. The number of carbonyl (C=O) groups is 1. The van der Waals surface area contributed by atoms with Gasteiger partial charge in [0.25, 0.3) is 0 Å². The first-order valence-electron chi connectivity index (χ1n) is 11.1. The molecule has 2 N–H and O–H groups in total. The third-order valence-electron chi connectivity index (χ3n) is 6.75. The number of nitrogens with zero attached hydrogens (tertiary/aromatic N) is 2. The van der Waals surface area contributed by atoms with Gasteiger partial charge >= 0.3 is 6.03 Å². The van der Waals surface area contributed by atoms with Gasteiger partial charge in [-0.05, 0) is 63.1 Å². The fourth-order valence-corrected chi connectivity index (χ4v) is 6.10. The lowest BCUT2D eigenvalue weighted by Crippen LogP contribution is -2.57. The Morgan fingerprint density at radius 1 is 1.31 bits per heavy atom. The van der Waals surface area contributed by atoms with Gasteiger partial charge < -0.3 is 15.2 Å². The third kappa shape index (κ3) is 3.66. The quantitative estimate of drug-likeness (QED) is 0.688. The minimum atomic E-state index is 0.0796. The fourth-order valence-electron chi connectivity index (χ4n) is 5.45. The van der Waals surface area contributed by atoms with Crippen LogP contribution >= 0.6 is 11.8 Å². The number of piperidine rings is 1. The van der Waals surface area contributed by atoms with Crippen molar-refractivity contribution in [1.29, 1.82) is 0 Å². The second-order valence-electron chi connectivity index (χ2n) is 8.33. The molecule has 5 nitrogen and oxygen atoms in total. The van der Waals surface area contributed by atoms with E-state index in [-0.39, 0.29) is 12.1 Å². The summed E-state index contributed by atoms with van der Waals surface area (Å²) in [4.78, 5) is 20.9. The largest absolute Gasteiger partial charge is 0.349 e. The molecule has 1 unspecified atom stereocenters. The molecule has 0 bridgehead atoms. The summed E-state index contributed by atoms with van der Waals surface area (Å²) >= 11 is 1.82. The summed E-state index contributed by atoms with van der Waals surface area (Å²) in [6.07, 6.45) is 5.43.